The Morgan fingerprint density at radius 3 is 1.91 bits per heavy atom. The van der Waals surface area contributed by atoms with E-state index in [1.165, 1.54) is 0 Å². The third kappa shape index (κ3) is 4.62. The van der Waals surface area contributed by atoms with Crippen LogP contribution in [0.4, 0.5) is 11.4 Å². The molecule has 0 saturated heterocycles. The van der Waals surface area contributed by atoms with Crippen LogP contribution in [-0.4, -0.2) is 35.5 Å². The zero-order valence-electron chi connectivity index (χ0n) is 21.4. The van der Waals surface area contributed by atoms with Gasteiger partial charge in [-0.1, -0.05) is 0 Å². The SMILES string of the molecule is CC[PH](CC)(CC(=O)Nc1c(C)cccc1C)C1(C(=O)Nc2c(C)cc(C#N)cc2C)CCC1. The van der Waals surface area contributed by atoms with E-state index in [0.29, 0.717) is 11.7 Å². The van der Waals surface area contributed by atoms with E-state index >= 15 is 0 Å². The van der Waals surface area contributed by atoms with Crippen molar-refractivity contribution in [2.24, 2.45) is 0 Å². The van der Waals surface area contributed by atoms with E-state index < -0.39 is 12.4 Å². The number of anilines is 2. The number of nitrogens with one attached hydrogen (secondary N) is 2. The molecule has 0 atom stereocenters. The second-order valence-electron chi connectivity index (χ2n) is 9.97. The van der Waals surface area contributed by atoms with Crippen molar-refractivity contribution in [1.29, 1.82) is 5.26 Å². The molecule has 2 aromatic carbocycles. The summed E-state index contributed by atoms with van der Waals surface area (Å²) in [6, 6.07) is 11.8. The van der Waals surface area contributed by atoms with Crippen molar-refractivity contribution in [2.45, 2.75) is 66.0 Å². The molecular formula is C28H38N3O2P. The van der Waals surface area contributed by atoms with Crippen molar-refractivity contribution in [2.75, 3.05) is 29.1 Å². The number of rotatable bonds is 8. The topological polar surface area (TPSA) is 82.0 Å². The summed E-state index contributed by atoms with van der Waals surface area (Å²) < 4.78 is 0. The van der Waals surface area contributed by atoms with Gasteiger partial charge in [-0.2, -0.15) is 0 Å². The van der Waals surface area contributed by atoms with E-state index in [1.807, 2.05) is 58.0 Å². The summed E-state index contributed by atoms with van der Waals surface area (Å²) in [5, 5.41) is 15.2. The Labute approximate surface area is 204 Å². The van der Waals surface area contributed by atoms with Gasteiger partial charge >= 0.3 is 205 Å². The van der Waals surface area contributed by atoms with Crippen molar-refractivity contribution in [3.05, 3.63) is 58.1 Å². The summed E-state index contributed by atoms with van der Waals surface area (Å²) in [7, 11) is -2.31. The Balaban J connectivity index is 1.90. The monoisotopic (exact) mass is 479 g/mol. The van der Waals surface area contributed by atoms with Crippen LogP contribution in [0.5, 0.6) is 0 Å². The molecule has 1 aliphatic rings. The molecule has 0 bridgehead atoms. The van der Waals surface area contributed by atoms with Crippen LogP contribution in [-0.2, 0) is 9.59 Å². The summed E-state index contributed by atoms with van der Waals surface area (Å²) in [4.78, 5) is 27.3. The van der Waals surface area contributed by atoms with Crippen LogP contribution in [0.15, 0.2) is 30.3 Å². The number of benzene rings is 2. The van der Waals surface area contributed by atoms with Crippen LogP contribution in [0, 0.1) is 39.0 Å². The average molecular weight is 480 g/mol. The first-order chi connectivity index (χ1) is 16.1. The molecule has 0 spiro atoms. The Kier molecular flexibility index (Phi) is 7.84. The quantitative estimate of drug-likeness (QED) is 0.450. The summed E-state index contributed by atoms with van der Waals surface area (Å²) in [6.45, 7) is 12.2. The molecule has 0 heterocycles. The number of para-hydroxylation sites is 1. The van der Waals surface area contributed by atoms with Gasteiger partial charge in [0, 0.05) is 0 Å². The van der Waals surface area contributed by atoms with Gasteiger partial charge in [0.2, 0.25) is 0 Å². The average Bonchev–Trinajstić information content (AvgIpc) is 2.77. The number of nitriles is 1. The van der Waals surface area contributed by atoms with Crippen LogP contribution in [0.2, 0.25) is 0 Å². The zero-order chi connectivity index (χ0) is 25.1. The number of hydrogen-bond acceptors (Lipinski definition) is 3. The minimum atomic E-state index is -2.31. The number of carbonyl (C=O) groups is 2. The fraction of sp³-hybridized carbons (Fsp3) is 0.464. The molecule has 0 unspecified atom stereocenters. The molecule has 34 heavy (non-hydrogen) atoms. The van der Waals surface area contributed by atoms with Crippen LogP contribution in [0.25, 0.3) is 0 Å². The molecule has 0 aromatic heterocycles. The van der Waals surface area contributed by atoms with Gasteiger partial charge in [-0.05, 0) is 0 Å². The van der Waals surface area contributed by atoms with E-state index in [1.54, 1.807) is 0 Å². The maximum atomic E-state index is 13.9. The first-order valence-corrected chi connectivity index (χ1v) is 14.9. The van der Waals surface area contributed by atoms with Crippen LogP contribution >= 0.6 is 7.26 Å². The predicted octanol–water partition coefficient (Wildman–Crippen LogP) is 6.08. The molecule has 0 aliphatic heterocycles. The molecule has 5 nitrogen and oxygen atoms in total. The number of aryl methyl sites for hydroxylation is 4. The first-order valence-electron chi connectivity index (χ1n) is 12.3. The van der Waals surface area contributed by atoms with Crippen molar-refractivity contribution in [1.82, 2.24) is 0 Å². The Hall–Kier alpha value is -2.70. The summed E-state index contributed by atoms with van der Waals surface area (Å²) in [5.74, 6) is 0.0856. The van der Waals surface area contributed by atoms with Gasteiger partial charge in [0.05, 0.1) is 0 Å². The third-order valence-electron chi connectivity index (χ3n) is 8.16. The van der Waals surface area contributed by atoms with E-state index in [2.05, 4.69) is 30.6 Å². The minimum absolute atomic E-state index is 0.0255. The van der Waals surface area contributed by atoms with Crippen molar-refractivity contribution in [3.63, 3.8) is 0 Å². The molecule has 2 aromatic rings. The van der Waals surface area contributed by atoms with Gasteiger partial charge < -0.3 is 0 Å². The molecule has 6 heteroatoms. The second kappa shape index (κ2) is 10.3. The fourth-order valence-electron chi connectivity index (χ4n) is 5.84. The molecule has 3 rings (SSSR count). The van der Waals surface area contributed by atoms with Gasteiger partial charge in [0.1, 0.15) is 0 Å². The maximum absolute atomic E-state index is 13.9. The molecule has 2 amide bonds. The van der Waals surface area contributed by atoms with Gasteiger partial charge in [0.15, 0.2) is 0 Å². The van der Waals surface area contributed by atoms with Crippen molar-refractivity contribution in [3.8, 4) is 6.07 Å². The van der Waals surface area contributed by atoms with Gasteiger partial charge in [-0.3, -0.25) is 0 Å². The Morgan fingerprint density at radius 1 is 0.941 bits per heavy atom. The van der Waals surface area contributed by atoms with E-state index in [-0.39, 0.29) is 11.8 Å². The molecule has 182 valence electrons. The van der Waals surface area contributed by atoms with E-state index in [9.17, 15) is 14.9 Å². The van der Waals surface area contributed by atoms with Crippen LogP contribution in [0.1, 0.15) is 60.9 Å². The Bertz CT molecular complexity index is 1100. The standard InChI is InChI=1S/C28H38N3O2P/c1-7-34(8-2,18-24(32)30-25-19(3)11-9-12-20(25)4)28(13-10-14-28)27(33)31-26-21(5)15-23(17-29)16-22(26)6/h9,11-12,15-16,34H,7-8,10,13-14,18H2,1-6H3,(H,30,32)(H,31,33). The first kappa shape index (κ1) is 25.9. The summed E-state index contributed by atoms with van der Waals surface area (Å²) in [5.41, 5.74) is 6.18. The van der Waals surface area contributed by atoms with Gasteiger partial charge in [-0.15, -0.1) is 0 Å². The van der Waals surface area contributed by atoms with Crippen LogP contribution < -0.4 is 10.6 Å². The van der Waals surface area contributed by atoms with E-state index in [4.69, 9.17) is 0 Å². The van der Waals surface area contributed by atoms with Gasteiger partial charge in [-0.25, -0.2) is 0 Å². The van der Waals surface area contributed by atoms with Gasteiger partial charge in [0.25, 0.3) is 0 Å². The predicted molar refractivity (Wildman–Crippen MR) is 145 cm³/mol. The van der Waals surface area contributed by atoms with E-state index in [0.717, 1.165) is 65.2 Å². The normalized spacial score (nSPS) is 15.1. The summed E-state index contributed by atoms with van der Waals surface area (Å²) in [6.07, 6.45) is 4.94. The zero-order valence-corrected chi connectivity index (χ0v) is 22.4. The molecular weight excluding hydrogens is 441 g/mol. The number of amides is 2. The molecule has 2 N–H and O–H groups in total. The number of nitrogens with zero attached hydrogens (tertiary/aromatic N) is 1. The molecule has 1 saturated carbocycles. The second-order valence-corrected chi connectivity index (χ2v) is 15.3. The molecule has 0 radical (unpaired) electrons. The number of hydrogen-bond donors (Lipinski definition) is 2. The van der Waals surface area contributed by atoms with Crippen molar-refractivity contribution >= 4 is 30.5 Å². The third-order valence-corrected chi connectivity index (χ3v) is 14.6. The molecule has 1 fully saturated rings. The number of carbonyl (C=O) groups excluding carboxylic acids is 2. The molecule has 1 aliphatic carbocycles. The Morgan fingerprint density at radius 2 is 1.47 bits per heavy atom. The fourth-order valence-corrected chi connectivity index (χ4v) is 11.2. The van der Waals surface area contributed by atoms with Crippen LogP contribution in [0.3, 0.4) is 0 Å². The summed E-state index contributed by atoms with van der Waals surface area (Å²) >= 11 is 0. The van der Waals surface area contributed by atoms with Crippen molar-refractivity contribution < 1.29 is 9.59 Å².